The Balaban J connectivity index is 1.42. The van der Waals surface area contributed by atoms with Crippen LogP contribution in [0.3, 0.4) is 0 Å². The van der Waals surface area contributed by atoms with Crippen LogP contribution < -0.4 is 10.1 Å². The molecule has 4 rings (SSSR count). The van der Waals surface area contributed by atoms with E-state index in [0.29, 0.717) is 44.8 Å². The van der Waals surface area contributed by atoms with Crippen LogP contribution >= 0.6 is 34.7 Å². The molecule has 0 saturated heterocycles. The fraction of sp³-hybridized carbons (Fsp3) is 0.462. The Bertz CT molecular complexity index is 1300. The number of hydrogen-bond donors (Lipinski definition) is 1. The van der Waals surface area contributed by atoms with Gasteiger partial charge in [-0.1, -0.05) is 42.8 Å². The Kier molecular flexibility index (Phi) is 8.60. The molecule has 2 atom stereocenters. The van der Waals surface area contributed by atoms with Crippen molar-refractivity contribution >= 4 is 45.6 Å². The molecule has 7 nitrogen and oxygen atoms in total. The first-order chi connectivity index (χ1) is 17.3. The molecular formula is C26H30ClN5O2S2. The topological polar surface area (TPSA) is 92.8 Å². The van der Waals surface area contributed by atoms with E-state index in [1.165, 1.54) is 16.6 Å². The van der Waals surface area contributed by atoms with Gasteiger partial charge in [0.2, 0.25) is 5.91 Å². The molecule has 1 aliphatic rings. The van der Waals surface area contributed by atoms with Crippen molar-refractivity contribution in [3.05, 3.63) is 50.6 Å². The summed E-state index contributed by atoms with van der Waals surface area (Å²) in [5, 5.41) is 23.2. The van der Waals surface area contributed by atoms with E-state index in [1.807, 2.05) is 43.5 Å². The summed E-state index contributed by atoms with van der Waals surface area (Å²) in [7, 11) is 0. The van der Waals surface area contributed by atoms with Crippen LogP contribution in [-0.4, -0.2) is 26.4 Å². The maximum Gasteiger partial charge on any atom is 0.235 e. The van der Waals surface area contributed by atoms with E-state index in [4.69, 9.17) is 16.3 Å². The number of ether oxygens (including phenoxy) is 1. The molecule has 0 radical (unpaired) electrons. The first kappa shape index (κ1) is 26.5. The molecule has 1 aromatic carbocycles. The van der Waals surface area contributed by atoms with Gasteiger partial charge in [0.25, 0.3) is 0 Å². The molecule has 0 bridgehead atoms. The predicted molar refractivity (Wildman–Crippen MR) is 145 cm³/mol. The molecular weight excluding hydrogens is 514 g/mol. The Labute approximate surface area is 225 Å². The highest BCUT2D eigenvalue weighted by Crippen LogP contribution is 2.40. The van der Waals surface area contributed by atoms with Gasteiger partial charge < -0.3 is 14.6 Å². The van der Waals surface area contributed by atoms with E-state index < -0.39 is 0 Å². The lowest BCUT2D eigenvalue weighted by Gasteiger charge is -2.20. The van der Waals surface area contributed by atoms with Crippen LogP contribution in [0.15, 0.2) is 23.4 Å². The van der Waals surface area contributed by atoms with Crippen molar-refractivity contribution in [3.8, 4) is 11.8 Å². The Hall–Kier alpha value is -2.54. The molecule has 190 valence electrons. The van der Waals surface area contributed by atoms with Crippen molar-refractivity contribution in [1.82, 2.24) is 14.8 Å². The molecule has 2 unspecified atom stereocenters. The first-order valence-electron chi connectivity index (χ1n) is 12.2. The molecule has 2 heterocycles. The van der Waals surface area contributed by atoms with Gasteiger partial charge in [0.05, 0.1) is 16.3 Å². The van der Waals surface area contributed by atoms with Gasteiger partial charge in [-0.3, -0.25) is 4.79 Å². The molecule has 1 amide bonds. The van der Waals surface area contributed by atoms with Gasteiger partial charge in [-0.05, 0) is 69.2 Å². The largest absolute Gasteiger partial charge is 0.481 e. The molecule has 36 heavy (non-hydrogen) atoms. The van der Waals surface area contributed by atoms with E-state index in [2.05, 4.69) is 28.5 Å². The molecule has 1 aliphatic carbocycles. The van der Waals surface area contributed by atoms with Crippen molar-refractivity contribution < 1.29 is 9.53 Å². The number of fused-ring (bicyclic) bond motifs is 1. The summed E-state index contributed by atoms with van der Waals surface area (Å²) in [6.07, 6.45) is 3.77. The van der Waals surface area contributed by atoms with Crippen molar-refractivity contribution in [2.24, 2.45) is 5.92 Å². The van der Waals surface area contributed by atoms with Crippen LogP contribution in [0, 0.1) is 24.2 Å². The third kappa shape index (κ3) is 5.72. The van der Waals surface area contributed by atoms with E-state index in [9.17, 15) is 10.1 Å². The van der Waals surface area contributed by atoms with Gasteiger partial charge in [-0.15, -0.1) is 21.5 Å². The molecule has 0 spiro atoms. The summed E-state index contributed by atoms with van der Waals surface area (Å²) in [6, 6.07) is 7.96. The lowest BCUT2D eigenvalue weighted by Crippen LogP contribution is -2.15. The number of amides is 1. The highest BCUT2D eigenvalue weighted by atomic mass is 35.5. The highest BCUT2D eigenvalue weighted by Gasteiger charge is 2.26. The number of carbonyl (C=O) groups is 1. The van der Waals surface area contributed by atoms with E-state index in [-0.39, 0.29) is 17.8 Å². The van der Waals surface area contributed by atoms with Gasteiger partial charge in [0.15, 0.2) is 17.1 Å². The van der Waals surface area contributed by atoms with Crippen molar-refractivity contribution in [3.63, 3.8) is 0 Å². The second-order valence-corrected chi connectivity index (χ2v) is 11.4. The summed E-state index contributed by atoms with van der Waals surface area (Å²) < 4.78 is 8.03. The molecule has 0 fully saturated rings. The number of nitriles is 1. The third-order valence-corrected chi connectivity index (χ3v) is 8.91. The summed E-state index contributed by atoms with van der Waals surface area (Å²) in [4.78, 5) is 14.0. The van der Waals surface area contributed by atoms with Gasteiger partial charge >= 0.3 is 0 Å². The number of thiophene rings is 1. The second-order valence-electron chi connectivity index (χ2n) is 8.95. The zero-order valence-electron chi connectivity index (χ0n) is 20.9. The molecule has 2 aromatic heterocycles. The van der Waals surface area contributed by atoms with Crippen LogP contribution in [0.5, 0.6) is 5.75 Å². The van der Waals surface area contributed by atoms with Crippen molar-refractivity contribution in [1.29, 1.82) is 5.26 Å². The van der Waals surface area contributed by atoms with Gasteiger partial charge in [0.1, 0.15) is 16.8 Å². The first-order valence-corrected chi connectivity index (χ1v) is 14.4. The Morgan fingerprint density at radius 1 is 1.42 bits per heavy atom. The summed E-state index contributed by atoms with van der Waals surface area (Å²) in [6.45, 7) is 8.73. The fourth-order valence-corrected chi connectivity index (χ4v) is 6.75. The van der Waals surface area contributed by atoms with Crippen LogP contribution in [0.1, 0.15) is 67.1 Å². The van der Waals surface area contributed by atoms with Crippen LogP contribution in [0.25, 0.3) is 0 Å². The number of halogens is 1. The number of hydrogen-bond acceptors (Lipinski definition) is 7. The lowest BCUT2D eigenvalue weighted by molar-refractivity contribution is -0.113. The summed E-state index contributed by atoms with van der Waals surface area (Å²) in [5.41, 5.74) is 2.80. The van der Waals surface area contributed by atoms with Crippen molar-refractivity contribution in [2.75, 3.05) is 11.1 Å². The normalized spacial score (nSPS) is 15.7. The number of thioether (sulfide) groups is 1. The number of nitrogens with zero attached hydrogens (tertiary/aromatic N) is 4. The lowest BCUT2D eigenvalue weighted by atomic mass is 9.86. The number of nitrogens with one attached hydrogen (secondary N) is 1. The monoisotopic (exact) mass is 543 g/mol. The third-order valence-electron chi connectivity index (χ3n) is 6.46. The molecule has 1 N–H and O–H groups in total. The number of aryl methyl sites for hydroxylation is 1. The van der Waals surface area contributed by atoms with E-state index in [1.54, 1.807) is 11.3 Å². The zero-order valence-corrected chi connectivity index (χ0v) is 23.3. The maximum absolute atomic E-state index is 12.8. The van der Waals surface area contributed by atoms with Crippen LogP contribution in [0.2, 0.25) is 5.02 Å². The molecule has 10 heteroatoms. The van der Waals surface area contributed by atoms with E-state index >= 15 is 0 Å². The summed E-state index contributed by atoms with van der Waals surface area (Å²) >= 11 is 9.16. The SMILES string of the molecule is CCC1CCc2c(sc(NC(=O)CSc3nnc(C(C)Oc4cc(C)ccc4Cl)n3CC)c2C#N)C1. The number of anilines is 1. The minimum Gasteiger partial charge on any atom is -0.481 e. The van der Waals surface area contributed by atoms with Gasteiger partial charge in [0, 0.05) is 11.4 Å². The standard InChI is InChI=1S/C26H30ClN5O2S2/c1-5-17-8-9-18-19(13-28)25(36-22(18)12-17)29-23(33)14-35-26-31-30-24(32(26)6-2)16(4)34-21-11-15(3)7-10-20(21)27/h7,10-11,16-17H,5-6,8-9,12,14H2,1-4H3,(H,29,33). The van der Waals surface area contributed by atoms with Gasteiger partial charge in [-0.2, -0.15) is 5.26 Å². The quantitative estimate of drug-likeness (QED) is 0.306. The Morgan fingerprint density at radius 2 is 2.22 bits per heavy atom. The second kappa shape index (κ2) is 11.7. The maximum atomic E-state index is 12.8. The number of carbonyl (C=O) groups excluding carboxylic acids is 1. The van der Waals surface area contributed by atoms with Gasteiger partial charge in [-0.25, -0.2) is 0 Å². The molecule has 0 saturated carbocycles. The molecule has 0 aliphatic heterocycles. The van der Waals surface area contributed by atoms with Crippen LogP contribution in [0.4, 0.5) is 5.00 Å². The number of aromatic nitrogens is 3. The minimum absolute atomic E-state index is 0.162. The average molecular weight is 544 g/mol. The Morgan fingerprint density at radius 3 is 2.94 bits per heavy atom. The fourth-order valence-electron chi connectivity index (χ4n) is 4.45. The zero-order chi connectivity index (χ0) is 25.8. The highest BCUT2D eigenvalue weighted by molar-refractivity contribution is 7.99. The van der Waals surface area contributed by atoms with E-state index in [0.717, 1.165) is 36.8 Å². The van der Waals surface area contributed by atoms with Crippen molar-refractivity contribution in [2.45, 2.75) is 71.2 Å². The molecule has 3 aromatic rings. The number of rotatable bonds is 9. The average Bonchev–Trinajstić information content (AvgIpc) is 3.44. The minimum atomic E-state index is -0.373. The predicted octanol–water partition coefficient (Wildman–Crippen LogP) is 6.58. The number of benzene rings is 1. The smallest absolute Gasteiger partial charge is 0.235 e. The summed E-state index contributed by atoms with van der Waals surface area (Å²) in [5.74, 6) is 1.93. The van der Waals surface area contributed by atoms with Crippen LogP contribution in [-0.2, 0) is 24.2 Å².